The zero-order chi connectivity index (χ0) is 13.0. The largest absolute Gasteiger partial charge is 0.497 e. The molecule has 0 spiro atoms. The van der Waals surface area contributed by atoms with Gasteiger partial charge in [0.2, 0.25) is 0 Å². The highest BCUT2D eigenvalue weighted by atomic mass is 16.5. The van der Waals surface area contributed by atoms with Crippen molar-refractivity contribution >= 4 is 11.6 Å². The molecule has 0 aliphatic heterocycles. The summed E-state index contributed by atoms with van der Waals surface area (Å²) in [6, 6.07) is 7.46. The molecule has 98 valence electrons. The number of ether oxygens (including phenoxy) is 1. The Labute approximate surface area is 107 Å². The molecule has 1 aromatic rings. The normalized spacial score (nSPS) is 17.3. The predicted molar refractivity (Wildman–Crippen MR) is 71.9 cm³/mol. The van der Waals surface area contributed by atoms with Crippen LogP contribution in [-0.4, -0.2) is 31.3 Å². The van der Waals surface area contributed by atoms with Gasteiger partial charge in [0, 0.05) is 11.1 Å². The number of methoxy groups -OCH3 is 1. The maximum absolute atomic E-state index is 9.17. The van der Waals surface area contributed by atoms with Gasteiger partial charge in [-0.2, -0.15) is 0 Å². The van der Waals surface area contributed by atoms with Crippen LogP contribution in [0.15, 0.2) is 29.3 Å². The third-order valence-corrected chi connectivity index (χ3v) is 3.24. The lowest BCUT2D eigenvalue weighted by molar-refractivity contribution is 0.217. The van der Waals surface area contributed by atoms with E-state index < -0.39 is 0 Å². The lowest BCUT2D eigenvalue weighted by atomic mass is 10.1. The first-order valence-electron chi connectivity index (χ1n) is 5.99. The summed E-state index contributed by atoms with van der Waals surface area (Å²) in [6.45, 7) is 0.769. The molecule has 2 rings (SSSR count). The average Bonchev–Trinajstić information content (AvgIpc) is 3.18. The number of aliphatic hydroxyl groups is 1. The molecule has 5 nitrogen and oxygen atoms in total. The van der Waals surface area contributed by atoms with E-state index in [2.05, 4.69) is 10.3 Å². The van der Waals surface area contributed by atoms with Crippen molar-refractivity contribution in [1.82, 2.24) is 0 Å². The highest BCUT2D eigenvalue weighted by Crippen LogP contribution is 2.45. The van der Waals surface area contributed by atoms with Crippen molar-refractivity contribution in [2.24, 2.45) is 16.1 Å². The molecule has 1 saturated carbocycles. The van der Waals surface area contributed by atoms with E-state index in [0.29, 0.717) is 12.5 Å². The van der Waals surface area contributed by atoms with Crippen LogP contribution >= 0.6 is 0 Å². The van der Waals surface area contributed by atoms with Gasteiger partial charge in [-0.1, -0.05) is 0 Å². The molecule has 0 saturated heterocycles. The van der Waals surface area contributed by atoms with Crippen molar-refractivity contribution in [3.8, 4) is 5.75 Å². The SMILES string of the molecule is COc1ccc(NC(N)=NCC2(CO)CC2)cc1. The average molecular weight is 249 g/mol. The second-order valence-corrected chi connectivity index (χ2v) is 4.71. The Kier molecular flexibility index (Phi) is 3.72. The zero-order valence-corrected chi connectivity index (χ0v) is 10.5. The van der Waals surface area contributed by atoms with E-state index in [4.69, 9.17) is 10.5 Å². The van der Waals surface area contributed by atoms with Crippen LogP contribution in [0.5, 0.6) is 5.75 Å². The fourth-order valence-corrected chi connectivity index (χ4v) is 1.66. The van der Waals surface area contributed by atoms with Crippen LogP contribution in [0.3, 0.4) is 0 Å². The molecule has 0 bridgehead atoms. The fourth-order valence-electron chi connectivity index (χ4n) is 1.66. The number of nitrogens with two attached hydrogens (primary N) is 1. The van der Waals surface area contributed by atoms with Crippen LogP contribution in [0.2, 0.25) is 0 Å². The lowest BCUT2D eigenvalue weighted by Crippen LogP contribution is -2.24. The molecule has 5 heteroatoms. The van der Waals surface area contributed by atoms with Gasteiger partial charge in [0.1, 0.15) is 5.75 Å². The topological polar surface area (TPSA) is 79.9 Å². The van der Waals surface area contributed by atoms with Gasteiger partial charge in [-0.25, -0.2) is 0 Å². The molecule has 1 aromatic carbocycles. The highest BCUT2D eigenvalue weighted by Gasteiger charge is 2.41. The van der Waals surface area contributed by atoms with Crippen LogP contribution in [0.4, 0.5) is 5.69 Å². The smallest absolute Gasteiger partial charge is 0.193 e. The molecule has 0 atom stereocenters. The van der Waals surface area contributed by atoms with Crippen LogP contribution in [-0.2, 0) is 0 Å². The number of benzene rings is 1. The van der Waals surface area contributed by atoms with Gasteiger partial charge in [-0.05, 0) is 37.1 Å². The summed E-state index contributed by atoms with van der Waals surface area (Å²) in [6.07, 6.45) is 2.06. The monoisotopic (exact) mass is 249 g/mol. The van der Waals surface area contributed by atoms with E-state index in [1.165, 1.54) is 0 Å². The van der Waals surface area contributed by atoms with Crippen LogP contribution < -0.4 is 15.8 Å². The fraction of sp³-hybridized carbons (Fsp3) is 0.462. The Morgan fingerprint density at radius 2 is 2.11 bits per heavy atom. The number of aliphatic hydroxyl groups excluding tert-OH is 1. The molecule has 0 radical (unpaired) electrons. The molecule has 0 unspecified atom stereocenters. The van der Waals surface area contributed by atoms with E-state index in [1.54, 1.807) is 7.11 Å². The first kappa shape index (κ1) is 12.7. The van der Waals surface area contributed by atoms with Crippen molar-refractivity contribution in [1.29, 1.82) is 0 Å². The van der Waals surface area contributed by atoms with E-state index in [9.17, 15) is 5.11 Å². The van der Waals surface area contributed by atoms with E-state index in [-0.39, 0.29) is 12.0 Å². The Morgan fingerprint density at radius 3 is 2.61 bits per heavy atom. The Balaban J connectivity index is 1.89. The van der Waals surface area contributed by atoms with E-state index in [1.807, 2.05) is 24.3 Å². The number of guanidine groups is 1. The predicted octanol–water partition coefficient (Wildman–Crippen LogP) is 1.19. The van der Waals surface area contributed by atoms with Crippen molar-refractivity contribution < 1.29 is 9.84 Å². The van der Waals surface area contributed by atoms with E-state index >= 15 is 0 Å². The zero-order valence-electron chi connectivity index (χ0n) is 10.5. The van der Waals surface area contributed by atoms with Gasteiger partial charge in [0.05, 0.1) is 20.3 Å². The Morgan fingerprint density at radius 1 is 1.44 bits per heavy atom. The number of aliphatic imine (C=N–C) groups is 1. The van der Waals surface area contributed by atoms with Crippen LogP contribution in [0, 0.1) is 5.41 Å². The summed E-state index contributed by atoms with van der Waals surface area (Å²) in [5.74, 6) is 1.17. The lowest BCUT2D eigenvalue weighted by Gasteiger charge is -2.10. The molecular formula is C13H19N3O2. The molecule has 1 aliphatic carbocycles. The second kappa shape index (κ2) is 5.27. The highest BCUT2D eigenvalue weighted by molar-refractivity contribution is 5.92. The van der Waals surface area contributed by atoms with Crippen molar-refractivity contribution in [2.45, 2.75) is 12.8 Å². The molecule has 1 aliphatic rings. The maximum Gasteiger partial charge on any atom is 0.193 e. The number of hydrogen-bond acceptors (Lipinski definition) is 3. The summed E-state index contributed by atoms with van der Waals surface area (Å²) < 4.78 is 5.07. The van der Waals surface area contributed by atoms with Gasteiger partial charge in [0.15, 0.2) is 5.96 Å². The Hall–Kier alpha value is -1.75. The molecule has 0 heterocycles. The number of anilines is 1. The minimum atomic E-state index is -0.00773. The third-order valence-electron chi connectivity index (χ3n) is 3.24. The van der Waals surface area contributed by atoms with E-state index in [0.717, 1.165) is 24.3 Å². The standard InChI is InChI=1S/C13H19N3O2/c1-18-11-4-2-10(3-5-11)16-12(14)15-8-13(9-17)6-7-13/h2-5,17H,6-9H2,1H3,(H3,14,15,16). The molecular weight excluding hydrogens is 230 g/mol. The van der Waals surface area contributed by atoms with Gasteiger partial charge in [0.25, 0.3) is 0 Å². The summed E-state index contributed by atoms with van der Waals surface area (Å²) >= 11 is 0. The minimum absolute atomic E-state index is 0.00773. The van der Waals surface area contributed by atoms with Crippen molar-refractivity contribution in [2.75, 3.05) is 25.6 Å². The second-order valence-electron chi connectivity index (χ2n) is 4.71. The van der Waals surface area contributed by atoms with Crippen molar-refractivity contribution in [3.63, 3.8) is 0 Å². The molecule has 1 fully saturated rings. The van der Waals surface area contributed by atoms with Crippen LogP contribution in [0.25, 0.3) is 0 Å². The van der Waals surface area contributed by atoms with Gasteiger partial charge < -0.3 is 20.9 Å². The van der Waals surface area contributed by atoms with Crippen molar-refractivity contribution in [3.05, 3.63) is 24.3 Å². The van der Waals surface area contributed by atoms with Gasteiger partial charge in [-0.3, -0.25) is 4.99 Å². The number of rotatable bonds is 5. The van der Waals surface area contributed by atoms with Gasteiger partial charge >= 0.3 is 0 Å². The number of nitrogens with zero attached hydrogens (tertiary/aromatic N) is 1. The first-order chi connectivity index (χ1) is 8.67. The minimum Gasteiger partial charge on any atom is -0.497 e. The quantitative estimate of drug-likeness (QED) is 0.541. The number of hydrogen-bond donors (Lipinski definition) is 3. The molecule has 0 amide bonds. The third kappa shape index (κ3) is 3.13. The number of nitrogens with one attached hydrogen (secondary N) is 1. The summed E-state index contributed by atoms with van der Waals surface area (Å²) in [5, 5.41) is 12.2. The molecule has 4 N–H and O–H groups in total. The van der Waals surface area contributed by atoms with Crippen LogP contribution in [0.1, 0.15) is 12.8 Å². The Bertz CT molecular complexity index is 424. The summed E-state index contributed by atoms with van der Waals surface area (Å²) in [5.41, 5.74) is 6.65. The summed E-state index contributed by atoms with van der Waals surface area (Å²) in [7, 11) is 1.63. The van der Waals surface area contributed by atoms with Gasteiger partial charge in [-0.15, -0.1) is 0 Å². The first-order valence-corrected chi connectivity index (χ1v) is 5.99. The molecule has 0 aromatic heterocycles. The molecule has 18 heavy (non-hydrogen) atoms. The maximum atomic E-state index is 9.17. The summed E-state index contributed by atoms with van der Waals surface area (Å²) in [4.78, 5) is 4.26.